The molecule has 0 saturated heterocycles. The number of nitrogens with one attached hydrogen (secondary N) is 1. The second kappa shape index (κ2) is 7.61. The van der Waals surface area contributed by atoms with Crippen molar-refractivity contribution in [2.24, 2.45) is 0 Å². The normalized spacial score (nSPS) is 16.2. The molecule has 0 aromatic heterocycles. The summed E-state index contributed by atoms with van der Waals surface area (Å²) in [6.07, 6.45) is 1.64. The summed E-state index contributed by atoms with van der Waals surface area (Å²) >= 11 is 1.58. The summed E-state index contributed by atoms with van der Waals surface area (Å²) in [7, 11) is 0. The first-order chi connectivity index (χ1) is 12.1. The second-order valence-electron chi connectivity index (χ2n) is 5.72. The SMILES string of the molecule is CSc1ccccc1NC(=O)CCN1C(=O)C(C)Oc2ccccc21. The highest BCUT2D eigenvalue weighted by atomic mass is 32.2. The molecule has 2 amide bonds. The molecule has 0 spiro atoms. The number of para-hydroxylation sites is 3. The minimum atomic E-state index is -0.546. The van der Waals surface area contributed by atoms with Gasteiger partial charge in [-0.15, -0.1) is 11.8 Å². The van der Waals surface area contributed by atoms with E-state index in [1.54, 1.807) is 23.6 Å². The van der Waals surface area contributed by atoms with E-state index >= 15 is 0 Å². The van der Waals surface area contributed by atoms with Crippen LogP contribution in [0.1, 0.15) is 13.3 Å². The molecule has 1 N–H and O–H groups in total. The molecule has 1 unspecified atom stereocenters. The van der Waals surface area contributed by atoms with Gasteiger partial charge in [-0.25, -0.2) is 0 Å². The van der Waals surface area contributed by atoms with Crippen LogP contribution in [0, 0.1) is 0 Å². The molecule has 1 heterocycles. The molecule has 0 bridgehead atoms. The quantitative estimate of drug-likeness (QED) is 0.833. The summed E-state index contributed by atoms with van der Waals surface area (Å²) in [5.41, 5.74) is 1.50. The first-order valence-electron chi connectivity index (χ1n) is 8.10. The van der Waals surface area contributed by atoms with Gasteiger partial charge in [0.1, 0.15) is 5.75 Å². The number of hydrogen-bond donors (Lipinski definition) is 1. The lowest BCUT2D eigenvalue weighted by atomic mass is 10.1. The molecular weight excluding hydrogens is 336 g/mol. The summed E-state index contributed by atoms with van der Waals surface area (Å²) in [5.74, 6) is 0.421. The number of fused-ring (bicyclic) bond motifs is 1. The van der Waals surface area contributed by atoms with Crippen molar-refractivity contribution >= 4 is 35.0 Å². The van der Waals surface area contributed by atoms with Crippen molar-refractivity contribution in [1.29, 1.82) is 0 Å². The van der Waals surface area contributed by atoms with Gasteiger partial charge >= 0.3 is 0 Å². The molecular formula is C19H20N2O3S. The van der Waals surface area contributed by atoms with Crippen LogP contribution < -0.4 is 15.0 Å². The number of nitrogens with zero attached hydrogens (tertiary/aromatic N) is 1. The zero-order valence-electron chi connectivity index (χ0n) is 14.2. The molecule has 0 aliphatic carbocycles. The van der Waals surface area contributed by atoms with Crippen LogP contribution in [0.25, 0.3) is 0 Å². The number of anilines is 2. The molecule has 25 heavy (non-hydrogen) atoms. The Morgan fingerprint density at radius 3 is 2.72 bits per heavy atom. The average molecular weight is 356 g/mol. The van der Waals surface area contributed by atoms with E-state index in [2.05, 4.69) is 5.32 Å². The highest BCUT2D eigenvalue weighted by molar-refractivity contribution is 7.98. The van der Waals surface area contributed by atoms with Crippen LogP contribution in [0.15, 0.2) is 53.4 Å². The molecule has 3 rings (SSSR count). The van der Waals surface area contributed by atoms with Crippen molar-refractivity contribution in [3.05, 3.63) is 48.5 Å². The zero-order valence-corrected chi connectivity index (χ0v) is 15.0. The standard InChI is InChI=1S/C19H20N2O3S/c1-13-19(23)21(15-8-4-5-9-16(15)24-13)12-11-18(22)20-14-7-3-6-10-17(14)25-2/h3-10,13H,11-12H2,1-2H3,(H,20,22). The topological polar surface area (TPSA) is 58.6 Å². The summed E-state index contributed by atoms with van der Waals surface area (Å²) in [6.45, 7) is 2.04. The lowest BCUT2D eigenvalue weighted by Gasteiger charge is -2.32. The van der Waals surface area contributed by atoms with Gasteiger partial charge in [0.05, 0.1) is 11.4 Å². The summed E-state index contributed by atoms with van der Waals surface area (Å²) in [4.78, 5) is 27.4. The van der Waals surface area contributed by atoms with E-state index in [1.165, 1.54) is 0 Å². The van der Waals surface area contributed by atoms with Gasteiger partial charge in [-0.1, -0.05) is 24.3 Å². The molecule has 1 aliphatic heterocycles. The summed E-state index contributed by atoms with van der Waals surface area (Å²) < 4.78 is 5.61. The van der Waals surface area contributed by atoms with Crippen LogP contribution in [0.3, 0.4) is 0 Å². The van der Waals surface area contributed by atoms with Crippen LogP contribution in [-0.4, -0.2) is 30.7 Å². The van der Waals surface area contributed by atoms with Crippen molar-refractivity contribution < 1.29 is 14.3 Å². The highest BCUT2D eigenvalue weighted by Crippen LogP contribution is 2.33. The monoisotopic (exact) mass is 356 g/mol. The Labute approximate surface area is 151 Å². The van der Waals surface area contributed by atoms with Crippen LogP contribution in [0.2, 0.25) is 0 Å². The Balaban J connectivity index is 1.68. The lowest BCUT2D eigenvalue weighted by molar-refractivity contribution is -0.125. The second-order valence-corrected chi connectivity index (χ2v) is 6.56. The smallest absolute Gasteiger partial charge is 0.267 e. The molecule has 2 aromatic rings. The number of hydrogen-bond acceptors (Lipinski definition) is 4. The maximum absolute atomic E-state index is 12.4. The van der Waals surface area contributed by atoms with Gasteiger partial charge in [0.2, 0.25) is 5.91 Å². The first kappa shape index (κ1) is 17.4. The van der Waals surface area contributed by atoms with E-state index in [0.717, 1.165) is 10.6 Å². The highest BCUT2D eigenvalue weighted by Gasteiger charge is 2.31. The third-order valence-corrected chi connectivity index (χ3v) is 4.81. The fourth-order valence-corrected chi connectivity index (χ4v) is 3.32. The third kappa shape index (κ3) is 3.79. The van der Waals surface area contributed by atoms with Crippen molar-refractivity contribution in [2.45, 2.75) is 24.3 Å². The minimum absolute atomic E-state index is 0.120. The van der Waals surface area contributed by atoms with E-state index in [0.29, 0.717) is 18.0 Å². The Morgan fingerprint density at radius 1 is 1.20 bits per heavy atom. The number of amides is 2. The van der Waals surface area contributed by atoms with E-state index in [1.807, 2.05) is 54.8 Å². The minimum Gasteiger partial charge on any atom is -0.479 e. The fourth-order valence-electron chi connectivity index (χ4n) is 2.76. The predicted octanol–water partition coefficient (Wildman–Crippen LogP) is 3.55. The molecule has 0 fully saturated rings. The molecule has 1 aliphatic rings. The largest absolute Gasteiger partial charge is 0.479 e. The predicted molar refractivity (Wildman–Crippen MR) is 100 cm³/mol. The van der Waals surface area contributed by atoms with Crippen molar-refractivity contribution in [1.82, 2.24) is 0 Å². The van der Waals surface area contributed by atoms with Gasteiger partial charge in [0, 0.05) is 17.9 Å². The number of carbonyl (C=O) groups excluding carboxylic acids is 2. The molecule has 130 valence electrons. The van der Waals surface area contributed by atoms with Crippen LogP contribution in [-0.2, 0) is 9.59 Å². The van der Waals surface area contributed by atoms with E-state index in [4.69, 9.17) is 4.74 Å². The maximum Gasteiger partial charge on any atom is 0.267 e. The van der Waals surface area contributed by atoms with Crippen LogP contribution >= 0.6 is 11.8 Å². The van der Waals surface area contributed by atoms with Gasteiger partial charge in [-0.3, -0.25) is 9.59 Å². The number of ether oxygens (including phenoxy) is 1. The Bertz CT molecular complexity index is 794. The van der Waals surface area contributed by atoms with Crippen LogP contribution in [0.5, 0.6) is 5.75 Å². The van der Waals surface area contributed by atoms with Gasteiger partial charge in [-0.2, -0.15) is 0 Å². The number of carbonyl (C=O) groups is 2. The Hall–Kier alpha value is -2.47. The molecule has 0 saturated carbocycles. The third-order valence-electron chi connectivity index (χ3n) is 4.02. The van der Waals surface area contributed by atoms with Gasteiger partial charge in [-0.05, 0) is 37.4 Å². The molecule has 0 radical (unpaired) electrons. The van der Waals surface area contributed by atoms with Gasteiger partial charge in [0.15, 0.2) is 6.10 Å². The molecule has 2 aromatic carbocycles. The number of benzene rings is 2. The number of rotatable bonds is 5. The summed E-state index contributed by atoms with van der Waals surface area (Å²) in [6, 6.07) is 15.1. The lowest BCUT2D eigenvalue weighted by Crippen LogP contribution is -2.45. The Morgan fingerprint density at radius 2 is 1.92 bits per heavy atom. The molecule has 6 heteroatoms. The zero-order chi connectivity index (χ0) is 17.8. The summed E-state index contributed by atoms with van der Waals surface area (Å²) in [5, 5.41) is 2.92. The first-order valence-corrected chi connectivity index (χ1v) is 9.32. The fraction of sp³-hybridized carbons (Fsp3) is 0.263. The van der Waals surface area contributed by atoms with E-state index in [9.17, 15) is 9.59 Å². The Kier molecular flexibility index (Phi) is 5.28. The molecule has 5 nitrogen and oxygen atoms in total. The van der Waals surface area contributed by atoms with Gasteiger partial charge in [0.25, 0.3) is 5.91 Å². The van der Waals surface area contributed by atoms with E-state index < -0.39 is 6.10 Å². The van der Waals surface area contributed by atoms with E-state index in [-0.39, 0.29) is 18.2 Å². The average Bonchev–Trinajstić information content (AvgIpc) is 2.62. The maximum atomic E-state index is 12.4. The van der Waals surface area contributed by atoms with Crippen molar-refractivity contribution in [3.8, 4) is 5.75 Å². The van der Waals surface area contributed by atoms with Crippen LogP contribution in [0.4, 0.5) is 11.4 Å². The van der Waals surface area contributed by atoms with Crippen molar-refractivity contribution in [2.75, 3.05) is 23.0 Å². The van der Waals surface area contributed by atoms with Crippen molar-refractivity contribution in [3.63, 3.8) is 0 Å². The number of thioether (sulfide) groups is 1. The molecule has 1 atom stereocenters. The van der Waals surface area contributed by atoms with Gasteiger partial charge < -0.3 is 15.0 Å².